The summed E-state index contributed by atoms with van der Waals surface area (Å²) < 4.78 is 0. The minimum Gasteiger partial charge on any atom is -0.382 e. The molecule has 0 aromatic rings. The molecule has 21 heavy (non-hydrogen) atoms. The van der Waals surface area contributed by atoms with E-state index < -0.39 is 23.0 Å². The van der Waals surface area contributed by atoms with E-state index in [1.165, 1.54) is 13.0 Å². The molecule has 0 unspecified atom stereocenters. The first kappa shape index (κ1) is 17.9. The summed E-state index contributed by atoms with van der Waals surface area (Å²) in [6.45, 7) is 7.01. The molecule has 0 aliphatic carbocycles. The molecular weight excluding hydrogens is 270 g/mol. The topological polar surface area (TPSA) is 86.6 Å². The first-order valence-corrected chi connectivity index (χ1v) is 7.69. The number of amides is 1. The molecule has 0 aromatic heterocycles. The molecule has 0 radical (unpaired) electrons. The Labute approximate surface area is 126 Å². The molecule has 1 rings (SSSR count). The van der Waals surface area contributed by atoms with Crippen molar-refractivity contribution in [3.63, 3.8) is 0 Å². The highest BCUT2D eigenvalue weighted by Crippen LogP contribution is 2.28. The third-order valence-electron chi connectivity index (χ3n) is 4.05. The monoisotopic (exact) mass is 297 g/mol. The van der Waals surface area contributed by atoms with Crippen molar-refractivity contribution in [3.8, 4) is 0 Å². The van der Waals surface area contributed by atoms with Gasteiger partial charge in [-0.1, -0.05) is 46.5 Å². The molecule has 1 aliphatic rings. The van der Waals surface area contributed by atoms with Crippen molar-refractivity contribution in [2.24, 2.45) is 5.92 Å². The Morgan fingerprint density at radius 2 is 2.00 bits per heavy atom. The van der Waals surface area contributed by atoms with Gasteiger partial charge in [0.1, 0.15) is 5.60 Å². The van der Waals surface area contributed by atoms with Crippen LogP contribution in [0.1, 0.15) is 59.8 Å². The van der Waals surface area contributed by atoms with E-state index in [4.69, 9.17) is 0 Å². The Morgan fingerprint density at radius 1 is 1.38 bits per heavy atom. The standard InChI is InChI=1S/C16H27NO4/c1-5-6-7-8-9-15(4,20)13(18)12-10-16(21,11(2)3)17-14(12)19/h10-11,20-21H,5-9H2,1-4H3,(H,17,19)/t15-,16-/m0/s1. The summed E-state index contributed by atoms with van der Waals surface area (Å²) >= 11 is 0. The highest BCUT2D eigenvalue weighted by Gasteiger charge is 2.44. The molecule has 5 nitrogen and oxygen atoms in total. The van der Waals surface area contributed by atoms with Gasteiger partial charge >= 0.3 is 0 Å². The number of aliphatic hydroxyl groups is 2. The SMILES string of the molecule is CCCCCC[C@](C)(O)C(=O)C1=C[C@](O)(C(C)C)NC1=O. The van der Waals surface area contributed by atoms with Crippen molar-refractivity contribution >= 4 is 11.7 Å². The van der Waals surface area contributed by atoms with E-state index in [-0.39, 0.29) is 11.5 Å². The second-order valence-electron chi connectivity index (χ2n) is 6.41. The normalized spacial score (nSPS) is 24.7. The predicted octanol–water partition coefficient (Wildman–Crippen LogP) is 1.68. The lowest BCUT2D eigenvalue weighted by Crippen LogP contribution is -2.46. The fourth-order valence-electron chi connectivity index (χ4n) is 2.35. The first-order valence-electron chi connectivity index (χ1n) is 7.69. The van der Waals surface area contributed by atoms with Crippen molar-refractivity contribution in [1.29, 1.82) is 0 Å². The van der Waals surface area contributed by atoms with E-state index in [1.807, 2.05) is 0 Å². The van der Waals surface area contributed by atoms with Gasteiger partial charge in [-0.3, -0.25) is 9.59 Å². The van der Waals surface area contributed by atoms with Crippen molar-refractivity contribution in [3.05, 3.63) is 11.6 Å². The average molecular weight is 297 g/mol. The lowest BCUT2D eigenvalue weighted by Gasteiger charge is -2.24. The number of carbonyl (C=O) groups is 2. The Morgan fingerprint density at radius 3 is 2.48 bits per heavy atom. The fourth-order valence-corrected chi connectivity index (χ4v) is 2.35. The minimum absolute atomic E-state index is 0.147. The summed E-state index contributed by atoms with van der Waals surface area (Å²) in [4.78, 5) is 24.2. The molecule has 0 saturated heterocycles. The number of hydrogen-bond donors (Lipinski definition) is 3. The van der Waals surface area contributed by atoms with Crippen LogP contribution in [0.3, 0.4) is 0 Å². The zero-order chi connectivity index (χ0) is 16.3. The van der Waals surface area contributed by atoms with Crippen LogP contribution in [-0.4, -0.2) is 33.2 Å². The Balaban J connectivity index is 2.79. The second-order valence-corrected chi connectivity index (χ2v) is 6.41. The average Bonchev–Trinajstić information content (AvgIpc) is 2.70. The molecule has 2 atom stereocenters. The second kappa shape index (κ2) is 6.71. The summed E-state index contributed by atoms with van der Waals surface area (Å²) in [5.74, 6) is -1.50. The van der Waals surface area contributed by atoms with Gasteiger partial charge in [0, 0.05) is 5.92 Å². The van der Waals surface area contributed by atoms with Crippen molar-refractivity contribution < 1.29 is 19.8 Å². The number of unbranched alkanes of at least 4 members (excludes halogenated alkanes) is 3. The number of hydrogen-bond acceptors (Lipinski definition) is 4. The molecule has 5 heteroatoms. The number of nitrogens with one attached hydrogen (secondary N) is 1. The van der Waals surface area contributed by atoms with Crippen LogP contribution >= 0.6 is 0 Å². The smallest absolute Gasteiger partial charge is 0.257 e. The maximum Gasteiger partial charge on any atom is 0.257 e. The molecule has 1 amide bonds. The van der Waals surface area contributed by atoms with Crippen molar-refractivity contribution in [2.45, 2.75) is 71.1 Å². The molecule has 0 saturated carbocycles. The lowest BCUT2D eigenvalue weighted by atomic mass is 9.88. The van der Waals surface area contributed by atoms with Crippen molar-refractivity contribution in [1.82, 2.24) is 5.32 Å². The Hall–Kier alpha value is -1.20. The van der Waals surface area contributed by atoms with E-state index in [1.54, 1.807) is 13.8 Å². The molecule has 0 fully saturated rings. The molecule has 0 spiro atoms. The van der Waals surface area contributed by atoms with Gasteiger partial charge < -0.3 is 15.5 Å². The predicted molar refractivity (Wildman–Crippen MR) is 80.4 cm³/mol. The first-order chi connectivity index (χ1) is 9.64. The van der Waals surface area contributed by atoms with Crippen LogP contribution in [0.2, 0.25) is 0 Å². The van der Waals surface area contributed by atoms with E-state index in [0.717, 1.165) is 25.7 Å². The molecule has 0 bridgehead atoms. The highest BCUT2D eigenvalue weighted by atomic mass is 16.3. The van der Waals surface area contributed by atoms with Crippen LogP contribution in [0.4, 0.5) is 0 Å². The van der Waals surface area contributed by atoms with Gasteiger partial charge in [-0.05, 0) is 19.4 Å². The maximum atomic E-state index is 12.4. The van der Waals surface area contributed by atoms with Crippen molar-refractivity contribution in [2.75, 3.05) is 0 Å². The van der Waals surface area contributed by atoms with Gasteiger partial charge in [-0.2, -0.15) is 0 Å². The van der Waals surface area contributed by atoms with E-state index in [2.05, 4.69) is 12.2 Å². The Bertz CT molecular complexity index is 440. The van der Waals surface area contributed by atoms with E-state index >= 15 is 0 Å². The summed E-state index contributed by atoms with van der Waals surface area (Å²) in [6, 6.07) is 0. The number of rotatable bonds is 8. The summed E-state index contributed by atoms with van der Waals surface area (Å²) in [5.41, 5.74) is -3.23. The number of ketones is 1. The summed E-state index contributed by atoms with van der Waals surface area (Å²) in [7, 11) is 0. The summed E-state index contributed by atoms with van der Waals surface area (Å²) in [5, 5.41) is 22.9. The van der Waals surface area contributed by atoms with Crippen LogP contribution in [-0.2, 0) is 9.59 Å². The zero-order valence-electron chi connectivity index (χ0n) is 13.4. The number of Topliss-reactive ketones (excluding diaryl/α,β-unsaturated/α-hetero) is 1. The third-order valence-corrected chi connectivity index (χ3v) is 4.05. The molecule has 1 heterocycles. The fraction of sp³-hybridized carbons (Fsp3) is 0.750. The highest BCUT2D eigenvalue weighted by molar-refractivity contribution is 6.23. The van der Waals surface area contributed by atoms with Crippen LogP contribution in [0.25, 0.3) is 0 Å². The van der Waals surface area contributed by atoms with Crippen LogP contribution in [0, 0.1) is 5.92 Å². The van der Waals surface area contributed by atoms with E-state index in [0.29, 0.717) is 6.42 Å². The van der Waals surface area contributed by atoms with E-state index in [9.17, 15) is 19.8 Å². The van der Waals surface area contributed by atoms with Crippen LogP contribution in [0.15, 0.2) is 11.6 Å². The van der Waals surface area contributed by atoms with Crippen LogP contribution < -0.4 is 5.32 Å². The third kappa shape index (κ3) is 4.14. The Kier molecular flexibility index (Phi) is 5.70. The summed E-state index contributed by atoms with van der Waals surface area (Å²) in [6.07, 6.45) is 5.36. The van der Waals surface area contributed by atoms with Gasteiger partial charge in [0.05, 0.1) is 5.57 Å². The lowest BCUT2D eigenvalue weighted by molar-refractivity contribution is -0.134. The zero-order valence-corrected chi connectivity index (χ0v) is 13.4. The molecule has 1 aliphatic heterocycles. The largest absolute Gasteiger partial charge is 0.382 e. The molecule has 0 aromatic carbocycles. The van der Waals surface area contributed by atoms with Gasteiger partial charge in [-0.15, -0.1) is 0 Å². The molecule has 3 N–H and O–H groups in total. The number of carbonyl (C=O) groups excluding carboxylic acids is 2. The molecule has 120 valence electrons. The van der Waals surface area contributed by atoms with Gasteiger partial charge in [-0.25, -0.2) is 0 Å². The van der Waals surface area contributed by atoms with Gasteiger partial charge in [0.25, 0.3) is 5.91 Å². The quantitative estimate of drug-likeness (QED) is 0.470. The molecular formula is C16H27NO4. The maximum absolute atomic E-state index is 12.4. The van der Waals surface area contributed by atoms with Crippen LogP contribution in [0.5, 0.6) is 0 Å². The minimum atomic E-state index is -1.57. The van der Waals surface area contributed by atoms with Gasteiger partial charge in [0.2, 0.25) is 0 Å². The van der Waals surface area contributed by atoms with Gasteiger partial charge in [0.15, 0.2) is 11.5 Å².